The highest BCUT2D eigenvalue weighted by Gasteiger charge is 2.38. The molecule has 0 aromatic heterocycles. The monoisotopic (exact) mass is 261 g/mol. The van der Waals surface area contributed by atoms with Gasteiger partial charge in [-0.15, -0.1) is 0 Å². The zero-order chi connectivity index (χ0) is 13.9. The fourth-order valence-corrected chi connectivity index (χ4v) is 3.20. The molecule has 1 aromatic carbocycles. The Hall–Kier alpha value is -0.860. The maximum Gasteiger partial charge on any atom is 0.0606 e. The van der Waals surface area contributed by atoms with E-state index in [1.165, 1.54) is 11.1 Å². The molecule has 0 spiro atoms. The topological polar surface area (TPSA) is 35.2 Å². The van der Waals surface area contributed by atoms with E-state index < -0.39 is 0 Å². The Morgan fingerprint density at radius 1 is 1.32 bits per heavy atom. The van der Waals surface area contributed by atoms with E-state index in [1.807, 2.05) is 0 Å². The smallest absolute Gasteiger partial charge is 0.0606 e. The number of hydrogen-bond acceptors (Lipinski definition) is 2. The maximum atomic E-state index is 5.95. The van der Waals surface area contributed by atoms with Gasteiger partial charge in [0.2, 0.25) is 0 Å². The molecule has 1 aromatic rings. The van der Waals surface area contributed by atoms with Crippen molar-refractivity contribution in [1.82, 2.24) is 0 Å². The summed E-state index contributed by atoms with van der Waals surface area (Å²) < 4.78 is 5.95. The van der Waals surface area contributed by atoms with Crippen molar-refractivity contribution in [1.29, 1.82) is 0 Å². The lowest BCUT2D eigenvalue weighted by Gasteiger charge is -2.43. The van der Waals surface area contributed by atoms with E-state index >= 15 is 0 Å². The van der Waals surface area contributed by atoms with Crippen molar-refractivity contribution < 1.29 is 4.74 Å². The molecule has 1 heterocycles. The minimum Gasteiger partial charge on any atom is -0.378 e. The first-order valence-corrected chi connectivity index (χ1v) is 7.46. The molecule has 2 N–H and O–H groups in total. The molecule has 1 aliphatic heterocycles. The molecule has 106 valence electrons. The molecular formula is C17H27NO. The van der Waals surface area contributed by atoms with Crippen LogP contribution in [0.5, 0.6) is 0 Å². The van der Waals surface area contributed by atoms with Gasteiger partial charge in [-0.25, -0.2) is 0 Å². The Bertz CT molecular complexity index is 394. The molecule has 2 atom stereocenters. The van der Waals surface area contributed by atoms with Crippen molar-refractivity contribution in [3.8, 4) is 0 Å². The Kier molecular flexibility index (Phi) is 4.64. The average Bonchev–Trinajstić information content (AvgIpc) is 2.40. The third-order valence-corrected chi connectivity index (χ3v) is 4.53. The molecule has 0 amide bonds. The number of hydrogen-bond donors (Lipinski definition) is 1. The summed E-state index contributed by atoms with van der Waals surface area (Å²) in [7, 11) is 0. The van der Waals surface area contributed by atoms with Crippen LogP contribution in [0.3, 0.4) is 0 Å². The van der Waals surface area contributed by atoms with Crippen LogP contribution in [0.15, 0.2) is 24.3 Å². The molecule has 1 aliphatic rings. The summed E-state index contributed by atoms with van der Waals surface area (Å²) in [6.07, 6.45) is 3.62. The van der Waals surface area contributed by atoms with E-state index in [0.717, 1.165) is 32.4 Å². The summed E-state index contributed by atoms with van der Waals surface area (Å²) in [6, 6.07) is 9.00. The number of aryl methyl sites for hydroxylation is 1. The van der Waals surface area contributed by atoms with Crippen LogP contribution in [-0.4, -0.2) is 19.3 Å². The van der Waals surface area contributed by atoms with Crippen molar-refractivity contribution in [3.63, 3.8) is 0 Å². The highest BCUT2D eigenvalue weighted by atomic mass is 16.5. The maximum absolute atomic E-state index is 5.95. The Morgan fingerprint density at radius 2 is 2.00 bits per heavy atom. The lowest BCUT2D eigenvalue weighted by Crippen LogP contribution is -2.42. The van der Waals surface area contributed by atoms with E-state index in [9.17, 15) is 0 Å². The zero-order valence-corrected chi connectivity index (χ0v) is 12.5. The molecule has 2 heteroatoms. The molecule has 0 unspecified atom stereocenters. The van der Waals surface area contributed by atoms with Gasteiger partial charge < -0.3 is 10.5 Å². The summed E-state index contributed by atoms with van der Waals surface area (Å²) in [5.41, 5.74) is 8.87. The summed E-state index contributed by atoms with van der Waals surface area (Å²) in [4.78, 5) is 0. The van der Waals surface area contributed by atoms with Gasteiger partial charge in [-0.05, 0) is 44.2 Å². The third-order valence-electron chi connectivity index (χ3n) is 4.53. The van der Waals surface area contributed by atoms with E-state index in [1.54, 1.807) is 0 Å². The van der Waals surface area contributed by atoms with Crippen LogP contribution in [0.2, 0.25) is 0 Å². The van der Waals surface area contributed by atoms with Gasteiger partial charge in [0.15, 0.2) is 0 Å². The summed E-state index contributed by atoms with van der Waals surface area (Å²) in [6.45, 7) is 8.24. The first-order chi connectivity index (χ1) is 9.07. The molecule has 2 rings (SSSR count). The fraction of sp³-hybridized carbons (Fsp3) is 0.647. The van der Waals surface area contributed by atoms with Crippen molar-refractivity contribution >= 4 is 0 Å². The van der Waals surface area contributed by atoms with E-state index in [0.29, 0.717) is 12.0 Å². The lowest BCUT2D eigenvalue weighted by molar-refractivity contribution is -0.0465. The third kappa shape index (κ3) is 3.18. The van der Waals surface area contributed by atoms with Crippen LogP contribution in [0, 0.1) is 12.8 Å². The van der Waals surface area contributed by atoms with Crippen molar-refractivity contribution in [2.24, 2.45) is 11.7 Å². The van der Waals surface area contributed by atoms with Crippen molar-refractivity contribution in [3.05, 3.63) is 35.4 Å². The van der Waals surface area contributed by atoms with Crippen LogP contribution < -0.4 is 5.73 Å². The number of nitrogens with two attached hydrogens (primary N) is 1. The summed E-state index contributed by atoms with van der Waals surface area (Å²) in [5.74, 6) is 0.572. The van der Waals surface area contributed by atoms with Crippen molar-refractivity contribution in [2.45, 2.75) is 51.6 Å². The minimum absolute atomic E-state index is 0.218. The first kappa shape index (κ1) is 14.5. The van der Waals surface area contributed by atoms with Crippen LogP contribution in [0.25, 0.3) is 0 Å². The van der Waals surface area contributed by atoms with Crippen LogP contribution in [0.4, 0.5) is 0 Å². The predicted octanol–water partition coefficient (Wildman–Crippen LogP) is 3.42. The number of rotatable bonds is 4. The second kappa shape index (κ2) is 6.06. The Labute approximate surface area is 117 Å². The summed E-state index contributed by atoms with van der Waals surface area (Å²) >= 11 is 0. The van der Waals surface area contributed by atoms with Gasteiger partial charge in [-0.1, -0.05) is 43.7 Å². The van der Waals surface area contributed by atoms with E-state index in [2.05, 4.69) is 45.0 Å². The van der Waals surface area contributed by atoms with Crippen LogP contribution in [0.1, 0.15) is 44.2 Å². The number of ether oxygens (including phenoxy) is 1. The highest BCUT2D eigenvalue weighted by Crippen LogP contribution is 2.41. The van der Waals surface area contributed by atoms with Gasteiger partial charge in [0.1, 0.15) is 0 Å². The summed E-state index contributed by atoms with van der Waals surface area (Å²) in [5, 5.41) is 0. The quantitative estimate of drug-likeness (QED) is 0.901. The largest absolute Gasteiger partial charge is 0.378 e. The molecular weight excluding hydrogens is 234 g/mol. The molecule has 2 nitrogen and oxygen atoms in total. The Balaban J connectivity index is 2.28. The van der Waals surface area contributed by atoms with Gasteiger partial charge in [0.05, 0.1) is 6.10 Å². The first-order valence-electron chi connectivity index (χ1n) is 7.46. The Morgan fingerprint density at radius 3 is 2.58 bits per heavy atom. The van der Waals surface area contributed by atoms with Gasteiger partial charge in [-0.3, -0.25) is 0 Å². The fourth-order valence-electron chi connectivity index (χ4n) is 3.20. The van der Waals surface area contributed by atoms with E-state index in [4.69, 9.17) is 10.5 Å². The second-order valence-corrected chi connectivity index (χ2v) is 6.29. The van der Waals surface area contributed by atoms with E-state index in [-0.39, 0.29) is 5.41 Å². The van der Waals surface area contributed by atoms with Crippen molar-refractivity contribution in [2.75, 3.05) is 13.2 Å². The van der Waals surface area contributed by atoms with Crippen LogP contribution in [-0.2, 0) is 10.2 Å². The zero-order valence-electron chi connectivity index (χ0n) is 12.5. The van der Waals surface area contributed by atoms with Gasteiger partial charge >= 0.3 is 0 Å². The SMILES string of the molecule is Cc1ccc([C@@]2(CCN)CCO[C@@H](C(C)C)C2)cc1. The average molecular weight is 261 g/mol. The van der Waals surface area contributed by atoms with Gasteiger partial charge in [0, 0.05) is 12.0 Å². The predicted molar refractivity (Wildman–Crippen MR) is 80.3 cm³/mol. The molecule has 1 fully saturated rings. The normalized spacial score (nSPS) is 27.7. The second-order valence-electron chi connectivity index (χ2n) is 6.29. The molecule has 19 heavy (non-hydrogen) atoms. The molecule has 0 bridgehead atoms. The molecule has 1 saturated heterocycles. The van der Waals surface area contributed by atoms with Gasteiger partial charge in [0.25, 0.3) is 0 Å². The molecule has 0 radical (unpaired) electrons. The van der Waals surface area contributed by atoms with Gasteiger partial charge in [-0.2, -0.15) is 0 Å². The minimum atomic E-state index is 0.218. The van der Waals surface area contributed by atoms with Crippen LogP contribution >= 0.6 is 0 Å². The highest BCUT2D eigenvalue weighted by molar-refractivity contribution is 5.29. The molecule has 0 saturated carbocycles. The number of benzene rings is 1. The lowest BCUT2D eigenvalue weighted by atomic mass is 9.68. The molecule has 0 aliphatic carbocycles. The standard InChI is InChI=1S/C17H27NO/c1-13(2)16-12-17(8-10-18,9-11-19-16)15-6-4-14(3)5-7-15/h4-7,13,16H,8-12,18H2,1-3H3/t16-,17+/m1/s1.